The van der Waals surface area contributed by atoms with Crippen molar-refractivity contribution >= 4 is 40.5 Å². The molecular weight excluding hydrogens is 386 g/mol. The van der Waals surface area contributed by atoms with E-state index in [9.17, 15) is 14.9 Å². The maximum absolute atomic E-state index is 12.5. The number of hydrogen-bond acceptors (Lipinski definition) is 6. The molecule has 0 unspecified atom stereocenters. The molecule has 7 nitrogen and oxygen atoms in total. The second kappa shape index (κ2) is 10.3. The Labute approximate surface area is 171 Å². The zero-order valence-electron chi connectivity index (χ0n) is 15.7. The van der Waals surface area contributed by atoms with Gasteiger partial charge in [0.15, 0.2) is 5.57 Å². The summed E-state index contributed by atoms with van der Waals surface area (Å²) in [6, 6.07) is 11.1. The number of benzene rings is 1. The molecule has 1 heterocycles. The lowest BCUT2D eigenvalue weighted by molar-refractivity contribution is -0.116. The highest BCUT2D eigenvalue weighted by molar-refractivity contribution is 7.07. The maximum atomic E-state index is 12.5. The molecule has 1 aromatic heterocycles. The van der Waals surface area contributed by atoms with Gasteiger partial charge in [-0.1, -0.05) is 47.6 Å². The quantitative estimate of drug-likeness (QED) is 0.425. The Balaban J connectivity index is 2.54. The molecule has 0 atom stereocenters. The topological polar surface area (TPSA) is 111 Å². The number of nitrogens with zero attached hydrogens (tertiary/aromatic N) is 3. The summed E-state index contributed by atoms with van der Waals surface area (Å²) in [6.07, 6.45) is 3.25. The van der Waals surface area contributed by atoms with Gasteiger partial charge >= 0.3 is 0 Å². The standard InChI is InChI=1S/C21H17N5O2S/c1-3-15-6-5-7-17(12-15)24-10-8-18-21(28)26(4-2)19(29-18)13-16(14-23)20(27)25-11-9-22/h3,5-7,10,12,24H,1,4,11H2,2H3,(H,25,27). The molecule has 0 aliphatic carbocycles. The van der Waals surface area contributed by atoms with E-state index < -0.39 is 5.91 Å². The molecule has 0 aliphatic heterocycles. The van der Waals surface area contributed by atoms with Crippen LogP contribution in [0.2, 0.25) is 0 Å². The van der Waals surface area contributed by atoms with Gasteiger partial charge in [-0.25, -0.2) is 0 Å². The summed E-state index contributed by atoms with van der Waals surface area (Å²) >= 11 is 1.06. The van der Waals surface area contributed by atoms with E-state index in [2.05, 4.69) is 28.7 Å². The predicted octanol–water partition coefficient (Wildman–Crippen LogP) is 1.05. The molecule has 0 bridgehead atoms. The number of carbonyl (C=O) groups excluding carboxylic acids is 1. The van der Waals surface area contributed by atoms with Crippen molar-refractivity contribution in [1.82, 2.24) is 9.88 Å². The predicted molar refractivity (Wildman–Crippen MR) is 113 cm³/mol. The Kier molecular flexibility index (Phi) is 7.56. The largest absolute Gasteiger partial charge is 0.355 e. The highest BCUT2D eigenvalue weighted by Crippen LogP contribution is 2.10. The molecule has 0 radical (unpaired) electrons. The summed E-state index contributed by atoms with van der Waals surface area (Å²) in [6.45, 7) is 5.61. The minimum atomic E-state index is -0.720. The Morgan fingerprint density at radius 2 is 2.17 bits per heavy atom. The van der Waals surface area contributed by atoms with Gasteiger partial charge in [-0.05, 0) is 24.6 Å². The van der Waals surface area contributed by atoms with Crippen molar-refractivity contribution in [3.05, 3.63) is 67.7 Å². The molecule has 1 amide bonds. The third-order valence-corrected chi connectivity index (χ3v) is 4.68. The van der Waals surface area contributed by atoms with Gasteiger partial charge in [0.2, 0.25) is 0 Å². The van der Waals surface area contributed by atoms with Crippen LogP contribution in [0.25, 0.3) is 17.5 Å². The van der Waals surface area contributed by atoms with Crippen molar-refractivity contribution in [2.24, 2.45) is 0 Å². The van der Waals surface area contributed by atoms with Crippen molar-refractivity contribution in [2.75, 3.05) is 11.9 Å². The van der Waals surface area contributed by atoms with Crippen LogP contribution in [0.3, 0.4) is 0 Å². The van der Waals surface area contributed by atoms with Crippen LogP contribution >= 0.6 is 11.3 Å². The first-order valence-corrected chi connectivity index (χ1v) is 9.35. The highest BCUT2D eigenvalue weighted by atomic mass is 32.1. The number of thiazole rings is 1. The zero-order valence-corrected chi connectivity index (χ0v) is 16.5. The number of carbonyl (C=O) groups is 1. The lowest BCUT2D eigenvalue weighted by atomic mass is 10.2. The summed E-state index contributed by atoms with van der Waals surface area (Å²) < 4.78 is 2.02. The molecule has 0 fully saturated rings. The molecule has 8 heteroatoms. The minimum Gasteiger partial charge on any atom is -0.355 e. The molecular formula is C21H17N5O2S. The summed E-state index contributed by atoms with van der Waals surface area (Å²) in [5, 5.41) is 23.0. The minimum absolute atomic E-state index is 0.225. The summed E-state index contributed by atoms with van der Waals surface area (Å²) in [7, 11) is 0. The van der Waals surface area contributed by atoms with E-state index in [4.69, 9.17) is 5.26 Å². The van der Waals surface area contributed by atoms with Crippen LogP contribution in [0.15, 0.2) is 47.4 Å². The molecule has 0 aliphatic rings. The van der Waals surface area contributed by atoms with Gasteiger partial charge in [0.1, 0.15) is 21.8 Å². The summed E-state index contributed by atoms with van der Waals surface area (Å²) in [4.78, 5) is 24.5. The average molecular weight is 403 g/mol. The molecule has 2 N–H and O–H groups in total. The molecule has 2 rings (SSSR count). The van der Waals surface area contributed by atoms with Crippen LogP contribution < -0.4 is 25.4 Å². The number of rotatable bonds is 6. The monoisotopic (exact) mass is 403 g/mol. The molecule has 1 aromatic carbocycles. The molecule has 144 valence electrons. The van der Waals surface area contributed by atoms with E-state index in [0.717, 1.165) is 22.6 Å². The van der Waals surface area contributed by atoms with Gasteiger partial charge in [0.05, 0.1) is 6.07 Å². The van der Waals surface area contributed by atoms with Crippen molar-refractivity contribution in [3.63, 3.8) is 0 Å². The van der Waals surface area contributed by atoms with Crippen molar-refractivity contribution in [2.45, 2.75) is 13.5 Å². The van der Waals surface area contributed by atoms with E-state index in [-0.39, 0.29) is 17.7 Å². The number of nitrogens with one attached hydrogen (secondary N) is 2. The Hall–Kier alpha value is -4.06. The molecule has 0 saturated heterocycles. The van der Waals surface area contributed by atoms with Gasteiger partial charge in [0.25, 0.3) is 11.5 Å². The molecule has 2 aromatic rings. The molecule has 0 spiro atoms. The second-order valence-electron chi connectivity index (χ2n) is 5.50. The number of anilines is 1. The Morgan fingerprint density at radius 3 is 2.83 bits per heavy atom. The van der Waals surface area contributed by atoms with E-state index in [0.29, 0.717) is 15.7 Å². The SMILES string of the molecule is C=Cc1cccc(NC=C=c2sc(=C=C(C#N)C(=O)NCC#N)n(CC)c2=O)c1. The van der Waals surface area contributed by atoms with E-state index in [1.165, 1.54) is 10.8 Å². The van der Waals surface area contributed by atoms with Crippen molar-refractivity contribution in [3.8, 4) is 12.1 Å². The number of aromatic nitrogens is 1. The van der Waals surface area contributed by atoms with Gasteiger partial charge in [0, 0.05) is 18.4 Å². The molecule has 29 heavy (non-hydrogen) atoms. The lowest BCUT2D eigenvalue weighted by Gasteiger charge is -1.99. The first-order chi connectivity index (χ1) is 14.0. The van der Waals surface area contributed by atoms with Crippen LogP contribution in [0.4, 0.5) is 5.69 Å². The molecule has 0 saturated carbocycles. The zero-order chi connectivity index (χ0) is 21.2. The fourth-order valence-electron chi connectivity index (χ4n) is 2.27. The van der Waals surface area contributed by atoms with E-state index >= 15 is 0 Å². The van der Waals surface area contributed by atoms with Gasteiger partial charge < -0.3 is 10.6 Å². The third kappa shape index (κ3) is 5.46. The van der Waals surface area contributed by atoms with Crippen LogP contribution in [0.1, 0.15) is 12.5 Å². The smallest absolute Gasteiger partial charge is 0.277 e. The van der Waals surface area contributed by atoms with Gasteiger partial charge in [-0.15, -0.1) is 0 Å². The van der Waals surface area contributed by atoms with Crippen LogP contribution in [0, 0.1) is 22.7 Å². The lowest BCUT2D eigenvalue weighted by Crippen LogP contribution is -2.30. The highest BCUT2D eigenvalue weighted by Gasteiger charge is 2.08. The Morgan fingerprint density at radius 1 is 1.38 bits per heavy atom. The number of amides is 1. The van der Waals surface area contributed by atoms with Gasteiger partial charge in [-0.3, -0.25) is 14.2 Å². The number of nitriles is 2. The van der Waals surface area contributed by atoms with Crippen LogP contribution in [-0.2, 0) is 11.3 Å². The van der Waals surface area contributed by atoms with Crippen molar-refractivity contribution < 1.29 is 4.79 Å². The second-order valence-corrected chi connectivity index (χ2v) is 6.50. The van der Waals surface area contributed by atoms with Crippen LogP contribution in [-0.4, -0.2) is 17.0 Å². The Bertz CT molecular complexity index is 1270. The first-order valence-electron chi connectivity index (χ1n) is 8.54. The van der Waals surface area contributed by atoms with Gasteiger partial charge in [-0.2, -0.15) is 10.5 Å². The van der Waals surface area contributed by atoms with E-state index in [1.807, 2.05) is 24.3 Å². The van der Waals surface area contributed by atoms with Crippen molar-refractivity contribution in [1.29, 1.82) is 10.5 Å². The summed E-state index contributed by atoms with van der Waals surface area (Å²) in [5.74, 6) is -0.720. The van der Waals surface area contributed by atoms with E-state index in [1.54, 1.807) is 25.1 Å². The van der Waals surface area contributed by atoms with Crippen LogP contribution in [0.5, 0.6) is 0 Å². The fraction of sp³-hybridized carbons (Fsp3) is 0.143. The fourth-order valence-corrected chi connectivity index (χ4v) is 3.26. The maximum Gasteiger partial charge on any atom is 0.277 e. The normalized spacial score (nSPS) is 9.21. The summed E-state index contributed by atoms with van der Waals surface area (Å²) in [5.41, 5.74) is 6.73. The first kappa shape index (κ1) is 21.2. The third-order valence-electron chi connectivity index (χ3n) is 3.66. The number of hydrogen-bond donors (Lipinski definition) is 2. The average Bonchev–Trinajstić information content (AvgIpc) is 3.04.